The lowest BCUT2D eigenvalue weighted by Gasteiger charge is -2.25. The van der Waals surface area contributed by atoms with Gasteiger partial charge < -0.3 is 20.0 Å². The second-order valence-corrected chi connectivity index (χ2v) is 15.6. The molecule has 2 N–H and O–H groups in total. The van der Waals surface area contributed by atoms with Crippen LogP contribution in [-0.2, 0) is 0 Å². The van der Waals surface area contributed by atoms with Crippen molar-refractivity contribution in [2.75, 3.05) is 39.3 Å². The molecule has 0 amide bonds. The van der Waals surface area contributed by atoms with Gasteiger partial charge >= 0.3 is 0 Å². The molecule has 0 aliphatic heterocycles. The van der Waals surface area contributed by atoms with Gasteiger partial charge in [-0.05, 0) is 65.7 Å². The zero-order chi connectivity index (χ0) is 34.5. The summed E-state index contributed by atoms with van der Waals surface area (Å²) < 4.78 is 0. The molecule has 0 aliphatic rings. The third-order valence-electron chi connectivity index (χ3n) is 10.1. The molecule has 0 aliphatic carbocycles. The molecule has 0 aromatic heterocycles. The molecular weight excluding hydrogens is 576 g/mol. The maximum atomic E-state index is 10.1. The van der Waals surface area contributed by atoms with E-state index in [0.717, 1.165) is 39.3 Å². The Morgan fingerprint density at radius 1 is 0.298 bits per heavy atom. The van der Waals surface area contributed by atoms with Crippen molar-refractivity contribution < 1.29 is 10.2 Å². The number of rotatable bonds is 40. The molecule has 2 atom stereocenters. The second-order valence-electron chi connectivity index (χ2n) is 15.6. The predicted octanol–water partition coefficient (Wildman–Crippen LogP) is 12.5. The molecule has 4 nitrogen and oxygen atoms in total. The van der Waals surface area contributed by atoms with Gasteiger partial charge in [-0.25, -0.2) is 0 Å². The zero-order valence-corrected chi connectivity index (χ0v) is 33.1. The Labute approximate surface area is 297 Å². The molecule has 0 heterocycles. The van der Waals surface area contributed by atoms with Crippen LogP contribution in [0.3, 0.4) is 0 Å². The maximum Gasteiger partial charge on any atom is 0.0639 e. The van der Waals surface area contributed by atoms with Gasteiger partial charge in [-0.15, -0.1) is 0 Å². The first-order chi connectivity index (χ1) is 23.0. The number of aliphatic hydroxyl groups excluding tert-OH is 2. The first-order valence-corrected chi connectivity index (χ1v) is 21.8. The van der Waals surface area contributed by atoms with E-state index in [1.807, 2.05) is 13.8 Å². The molecule has 0 saturated heterocycles. The molecule has 0 radical (unpaired) electrons. The van der Waals surface area contributed by atoms with Gasteiger partial charge in [-0.3, -0.25) is 0 Å². The first kappa shape index (κ1) is 46.8. The highest BCUT2D eigenvalue weighted by Gasteiger charge is 2.10. The number of nitrogens with zero attached hydrogens (tertiary/aromatic N) is 2. The Morgan fingerprint density at radius 2 is 0.468 bits per heavy atom. The standard InChI is InChI=1S/C43H90N2O2/c1-5-7-9-11-13-15-17-19-21-23-25-27-29-32-36-44(40-42(3)46)38-34-31-35-39-45(41-43(4)47)37-33-30-28-26-24-22-20-18-16-14-12-10-8-6-2/h42-43,46-47H,5-41H2,1-4H3. The largest absolute Gasteiger partial charge is 0.392 e. The van der Waals surface area contributed by atoms with Crippen LogP contribution < -0.4 is 0 Å². The summed E-state index contributed by atoms with van der Waals surface area (Å²) in [4.78, 5) is 5.01. The summed E-state index contributed by atoms with van der Waals surface area (Å²) >= 11 is 0. The fourth-order valence-electron chi connectivity index (χ4n) is 7.24. The van der Waals surface area contributed by atoms with E-state index in [0.29, 0.717) is 0 Å². The topological polar surface area (TPSA) is 46.9 Å². The van der Waals surface area contributed by atoms with E-state index in [1.165, 1.54) is 199 Å². The summed E-state index contributed by atoms with van der Waals surface area (Å²) in [7, 11) is 0. The van der Waals surface area contributed by atoms with Crippen LogP contribution >= 0.6 is 0 Å². The average Bonchev–Trinajstić information content (AvgIpc) is 3.04. The lowest BCUT2D eigenvalue weighted by molar-refractivity contribution is 0.119. The number of hydrogen-bond acceptors (Lipinski definition) is 4. The Hall–Kier alpha value is -0.160. The van der Waals surface area contributed by atoms with Crippen molar-refractivity contribution in [2.24, 2.45) is 0 Å². The summed E-state index contributed by atoms with van der Waals surface area (Å²) in [6.07, 6.45) is 42.5. The Kier molecular flexibility index (Phi) is 38.5. The molecule has 0 aromatic rings. The fourth-order valence-corrected chi connectivity index (χ4v) is 7.24. The van der Waals surface area contributed by atoms with Gasteiger partial charge in [0.25, 0.3) is 0 Å². The van der Waals surface area contributed by atoms with Crippen LogP contribution in [0.5, 0.6) is 0 Å². The summed E-state index contributed by atoms with van der Waals surface area (Å²) in [5.41, 5.74) is 0. The van der Waals surface area contributed by atoms with Gasteiger partial charge in [0, 0.05) is 13.1 Å². The zero-order valence-electron chi connectivity index (χ0n) is 33.1. The monoisotopic (exact) mass is 667 g/mol. The van der Waals surface area contributed by atoms with Crippen molar-refractivity contribution >= 4 is 0 Å². The lowest BCUT2D eigenvalue weighted by atomic mass is 10.0. The predicted molar refractivity (Wildman–Crippen MR) is 211 cm³/mol. The van der Waals surface area contributed by atoms with E-state index in [2.05, 4.69) is 23.6 Å². The quantitative estimate of drug-likeness (QED) is 0.0639. The molecule has 284 valence electrons. The van der Waals surface area contributed by atoms with Crippen molar-refractivity contribution in [3.63, 3.8) is 0 Å². The third kappa shape index (κ3) is 38.5. The van der Waals surface area contributed by atoms with Crippen molar-refractivity contribution in [1.82, 2.24) is 9.80 Å². The fraction of sp³-hybridized carbons (Fsp3) is 1.00. The highest BCUT2D eigenvalue weighted by molar-refractivity contribution is 4.65. The molecule has 2 unspecified atom stereocenters. The number of hydrogen-bond donors (Lipinski definition) is 2. The van der Waals surface area contributed by atoms with E-state index in [1.54, 1.807) is 0 Å². The highest BCUT2D eigenvalue weighted by Crippen LogP contribution is 2.15. The normalized spacial score (nSPS) is 13.3. The van der Waals surface area contributed by atoms with Gasteiger partial charge in [0.05, 0.1) is 12.2 Å². The second kappa shape index (κ2) is 38.6. The molecule has 0 rings (SSSR count). The molecule has 0 saturated carbocycles. The molecule has 0 fully saturated rings. The van der Waals surface area contributed by atoms with E-state index in [9.17, 15) is 10.2 Å². The SMILES string of the molecule is CCCCCCCCCCCCCCCCN(CCCCCN(CCCCCCCCCCCCCCCC)CC(C)O)CC(C)O. The van der Waals surface area contributed by atoms with Crippen molar-refractivity contribution in [3.8, 4) is 0 Å². The van der Waals surface area contributed by atoms with E-state index < -0.39 is 0 Å². The molecular formula is C43H90N2O2. The smallest absolute Gasteiger partial charge is 0.0639 e. The van der Waals surface area contributed by atoms with Gasteiger partial charge in [0.2, 0.25) is 0 Å². The molecule has 0 aromatic carbocycles. The summed E-state index contributed by atoms with van der Waals surface area (Å²) in [5.74, 6) is 0. The Morgan fingerprint density at radius 3 is 0.660 bits per heavy atom. The minimum Gasteiger partial charge on any atom is -0.392 e. The Balaban J connectivity index is 3.85. The summed E-state index contributed by atoms with van der Waals surface area (Å²) in [6, 6.07) is 0. The van der Waals surface area contributed by atoms with Crippen LogP contribution in [0.25, 0.3) is 0 Å². The van der Waals surface area contributed by atoms with Gasteiger partial charge in [-0.1, -0.05) is 187 Å². The minimum atomic E-state index is -0.242. The maximum absolute atomic E-state index is 10.1. The van der Waals surface area contributed by atoms with Crippen LogP contribution in [0, 0.1) is 0 Å². The van der Waals surface area contributed by atoms with Crippen LogP contribution in [0.1, 0.15) is 227 Å². The first-order valence-electron chi connectivity index (χ1n) is 21.8. The molecule has 4 heteroatoms. The number of unbranched alkanes of at least 4 members (excludes halogenated alkanes) is 28. The third-order valence-corrected chi connectivity index (χ3v) is 10.1. The average molecular weight is 667 g/mol. The van der Waals surface area contributed by atoms with E-state index in [-0.39, 0.29) is 12.2 Å². The summed E-state index contributed by atoms with van der Waals surface area (Å²) in [6.45, 7) is 14.6. The highest BCUT2D eigenvalue weighted by atomic mass is 16.3. The summed E-state index contributed by atoms with van der Waals surface area (Å²) in [5, 5.41) is 20.1. The van der Waals surface area contributed by atoms with Gasteiger partial charge in [-0.2, -0.15) is 0 Å². The van der Waals surface area contributed by atoms with Crippen molar-refractivity contribution in [1.29, 1.82) is 0 Å². The lowest BCUT2D eigenvalue weighted by Crippen LogP contribution is -2.34. The van der Waals surface area contributed by atoms with E-state index in [4.69, 9.17) is 0 Å². The van der Waals surface area contributed by atoms with Gasteiger partial charge in [0.1, 0.15) is 0 Å². The van der Waals surface area contributed by atoms with Crippen LogP contribution in [-0.4, -0.2) is 71.5 Å². The van der Waals surface area contributed by atoms with Crippen LogP contribution in [0.4, 0.5) is 0 Å². The molecule has 47 heavy (non-hydrogen) atoms. The molecule has 0 spiro atoms. The van der Waals surface area contributed by atoms with Crippen LogP contribution in [0.15, 0.2) is 0 Å². The number of aliphatic hydroxyl groups is 2. The van der Waals surface area contributed by atoms with Crippen LogP contribution in [0.2, 0.25) is 0 Å². The molecule has 0 bridgehead atoms. The van der Waals surface area contributed by atoms with Crippen molar-refractivity contribution in [3.05, 3.63) is 0 Å². The van der Waals surface area contributed by atoms with Crippen molar-refractivity contribution in [2.45, 2.75) is 239 Å². The minimum absolute atomic E-state index is 0.242. The van der Waals surface area contributed by atoms with E-state index >= 15 is 0 Å². The Bertz CT molecular complexity index is 522. The van der Waals surface area contributed by atoms with Gasteiger partial charge in [0.15, 0.2) is 0 Å².